The number of nitrogens with one attached hydrogen (secondary N) is 1. The summed E-state index contributed by atoms with van der Waals surface area (Å²) in [4.78, 5) is -0.0992. The quantitative estimate of drug-likeness (QED) is 0.656. The van der Waals surface area contributed by atoms with Crippen LogP contribution in [0.4, 0.5) is 5.69 Å². The zero-order chi connectivity index (χ0) is 16.5. The average Bonchev–Trinajstić information content (AvgIpc) is 2.44. The molecule has 2 aromatic rings. The molecule has 0 aliphatic rings. The molecule has 0 saturated carbocycles. The van der Waals surface area contributed by atoms with E-state index in [1.54, 1.807) is 6.07 Å². The molecular weight excluding hydrogens is 460 g/mol. The molecule has 4 nitrogen and oxygen atoms in total. The van der Waals surface area contributed by atoms with Gasteiger partial charge in [-0.15, -0.1) is 0 Å². The zero-order valence-corrected chi connectivity index (χ0v) is 16.1. The maximum Gasteiger partial charge on any atom is 0.263 e. The lowest BCUT2D eigenvalue weighted by Gasteiger charge is -2.13. The van der Waals surface area contributed by atoms with Gasteiger partial charge in [-0.2, -0.15) is 0 Å². The van der Waals surface area contributed by atoms with Crippen molar-refractivity contribution in [2.45, 2.75) is 11.8 Å². The second-order valence-electron chi connectivity index (χ2n) is 4.46. The van der Waals surface area contributed by atoms with Crippen LogP contribution in [0.3, 0.4) is 0 Å². The Kier molecular flexibility index (Phi) is 5.47. The Balaban J connectivity index is 2.45. The summed E-state index contributed by atoms with van der Waals surface area (Å²) in [6.45, 7) is 1.82. The van der Waals surface area contributed by atoms with Crippen LogP contribution in [0.5, 0.6) is 5.75 Å². The van der Waals surface area contributed by atoms with Gasteiger partial charge < -0.3 is 4.74 Å². The Morgan fingerprint density at radius 3 is 2.41 bits per heavy atom. The van der Waals surface area contributed by atoms with Gasteiger partial charge in [-0.1, -0.05) is 23.2 Å². The molecule has 0 radical (unpaired) electrons. The first-order valence-corrected chi connectivity index (χ1v) is 9.39. The van der Waals surface area contributed by atoms with Crippen molar-refractivity contribution in [1.82, 2.24) is 0 Å². The molecule has 0 aliphatic heterocycles. The smallest absolute Gasteiger partial charge is 0.263 e. The van der Waals surface area contributed by atoms with E-state index in [-0.39, 0.29) is 14.9 Å². The van der Waals surface area contributed by atoms with Crippen molar-refractivity contribution in [2.75, 3.05) is 11.8 Å². The van der Waals surface area contributed by atoms with E-state index >= 15 is 0 Å². The van der Waals surface area contributed by atoms with Crippen LogP contribution in [0.25, 0.3) is 0 Å². The van der Waals surface area contributed by atoms with Gasteiger partial charge in [0.2, 0.25) is 0 Å². The SMILES string of the molecule is COc1ccc(S(=O)(=O)Nc2ccc(I)cc2C)c(Cl)c1Cl. The molecule has 0 saturated heterocycles. The van der Waals surface area contributed by atoms with Crippen LogP contribution < -0.4 is 9.46 Å². The fourth-order valence-electron chi connectivity index (χ4n) is 1.82. The molecule has 0 aromatic heterocycles. The number of halogens is 3. The second-order valence-corrected chi connectivity index (χ2v) is 8.11. The minimum atomic E-state index is -3.85. The van der Waals surface area contributed by atoms with E-state index in [1.807, 2.05) is 19.1 Å². The summed E-state index contributed by atoms with van der Waals surface area (Å²) in [5.74, 6) is 0.316. The summed E-state index contributed by atoms with van der Waals surface area (Å²) >= 11 is 14.2. The minimum Gasteiger partial charge on any atom is -0.495 e. The van der Waals surface area contributed by atoms with Crippen LogP contribution in [0, 0.1) is 10.5 Å². The number of anilines is 1. The van der Waals surface area contributed by atoms with Gasteiger partial charge in [0.25, 0.3) is 10.0 Å². The molecule has 2 rings (SSSR count). The third-order valence-electron chi connectivity index (χ3n) is 2.95. The highest BCUT2D eigenvalue weighted by Gasteiger charge is 2.22. The van der Waals surface area contributed by atoms with Crippen molar-refractivity contribution in [3.05, 3.63) is 49.5 Å². The number of ether oxygens (including phenoxy) is 1. The number of sulfonamides is 1. The van der Waals surface area contributed by atoms with Crippen LogP contribution >= 0.6 is 45.8 Å². The molecule has 1 N–H and O–H groups in total. The van der Waals surface area contributed by atoms with Crippen LogP contribution in [-0.4, -0.2) is 15.5 Å². The van der Waals surface area contributed by atoms with Crippen molar-refractivity contribution in [2.24, 2.45) is 0 Å². The molecule has 118 valence electrons. The molecule has 22 heavy (non-hydrogen) atoms. The first-order chi connectivity index (χ1) is 10.3. The third-order valence-corrected chi connectivity index (χ3v) is 6.01. The molecular formula is C14H12Cl2INO3S. The maximum absolute atomic E-state index is 12.5. The highest BCUT2D eigenvalue weighted by atomic mass is 127. The molecule has 0 fully saturated rings. The lowest BCUT2D eigenvalue weighted by Crippen LogP contribution is -2.14. The summed E-state index contributed by atoms with van der Waals surface area (Å²) in [6, 6.07) is 8.21. The summed E-state index contributed by atoms with van der Waals surface area (Å²) in [5, 5.41) is -0.0111. The van der Waals surface area contributed by atoms with Crippen molar-refractivity contribution in [3.63, 3.8) is 0 Å². The van der Waals surface area contributed by atoms with Crippen molar-refractivity contribution in [3.8, 4) is 5.75 Å². The van der Waals surface area contributed by atoms with Gasteiger partial charge in [0, 0.05) is 3.57 Å². The normalized spacial score (nSPS) is 11.3. The van der Waals surface area contributed by atoms with Crippen molar-refractivity contribution >= 4 is 61.5 Å². The van der Waals surface area contributed by atoms with Gasteiger partial charge in [0.15, 0.2) is 0 Å². The molecule has 8 heteroatoms. The van der Waals surface area contributed by atoms with E-state index in [4.69, 9.17) is 27.9 Å². The lowest BCUT2D eigenvalue weighted by atomic mass is 10.2. The van der Waals surface area contributed by atoms with Gasteiger partial charge in [-0.3, -0.25) is 4.72 Å². The number of hydrogen-bond acceptors (Lipinski definition) is 3. The number of aryl methyl sites for hydroxylation is 1. The third kappa shape index (κ3) is 3.61. The fraction of sp³-hybridized carbons (Fsp3) is 0.143. The first kappa shape index (κ1) is 17.7. The Labute approximate surface area is 153 Å². The number of methoxy groups -OCH3 is 1. The Morgan fingerprint density at radius 1 is 1.14 bits per heavy atom. The van der Waals surface area contributed by atoms with Crippen LogP contribution in [0.2, 0.25) is 10.0 Å². The summed E-state index contributed by atoms with van der Waals surface area (Å²) < 4.78 is 33.6. The van der Waals surface area contributed by atoms with Gasteiger partial charge in [-0.05, 0) is 65.4 Å². The van der Waals surface area contributed by atoms with E-state index in [0.29, 0.717) is 11.4 Å². The number of hydrogen-bond donors (Lipinski definition) is 1. The van der Waals surface area contributed by atoms with Gasteiger partial charge in [0.05, 0.1) is 17.8 Å². The largest absolute Gasteiger partial charge is 0.495 e. The predicted octanol–water partition coefficient (Wildman–Crippen LogP) is 4.72. The standard InChI is InChI=1S/C14H12Cl2INO3S/c1-8-7-9(17)3-4-10(8)18-22(19,20)12-6-5-11(21-2)13(15)14(12)16/h3-7,18H,1-2H3. The summed E-state index contributed by atoms with van der Waals surface area (Å²) in [6.07, 6.45) is 0. The lowest BCUT2D eigenvalue weighted by molar-refractivity contribution is 0.414. The number of benzene rings is 2. The Bertz CT molecular complexity index is 825. The van der Waals surface area contributed by atoms with E-state index in [2.05, 4.69) is 27.3 Å². The molecule has 0 bridgehead atoms. The van der Waals surface area contributed by atoms with Crippen LogP contribution in [-0.2, 0) is 10.0 Å². The molecule has 2 aromatic carbocycles. The predicted molar refractivity (Wildman–Crippen MR) is 97.7 cm³/mol. The molecule has 0 unspecified atom stereocenters. The highest BCUT2D eigenvalue weighted by molar-refractivity contribution is 14.1. The zero-order valence-electron chi connectivity index (χ0n) is 11.7. The Morgan fingerprint density at radius 2 is 1.82 bits per heavy atom. The first-order valence-electron chi connectivity index (χ1n) is 6.07. The van der Waals surface area contributed by atoms with Crippen LogP contribution in [0.15, 0.2) is 35.2 Å². The average molecular weight is 472 g/mol. The second kappa shape index (κ2) is 6.82. The molecule has 0 atom stereocenters. The molecule has 0 amide bonds. The Hall–Kier alpha value is -0.700. The molecule has 0 heterocycles. The highest BCUT2D eigenvalue weighted by Crippen LogP contribution is 2.37. The van der Waals surface area contributed by atoms with E-state index < -0.39 is 10.0 Å². The van der Waals surface area contributed by atoms with Gasteiger partial charge in [0.1, 0.15) is 15.7 Å². The molecule has 0 aliphatic carbocycles. The van der Waals surface area contributed by atoms with E-state index in [9.17, 15) is 8.42 Å². The van der Waals surface area contributed by atoms with Gasteiger partial charge >= 0.3 is 0 Å². The van der Waals surface area contributed by atoms with Crippen LogP contribution in [0.1, 0.15) is 5.56 Å². The van der Waals surface area contributed by atoms with Crippen molar-refractivity contribution < 1.29 is 13.2 Å². The van der Waals surface area contributed by atoms with Crippen molar-refractivity contribution in [1.29, 1.82) is 0 Å². The number of rotatable bonds is 4. The van der Waals surface area contributed by atoms with Gasteiger partial charge in [-0.25, -0.2) is 8.42 Å². The topological polar surface area (TPSA) is 55.4 Å². The fourth-order valence-corrected chi connectivity index (χ4v) is 4.44. The minimum absolute atomic E-state index is 0.0615. The van der Waals surface area contributed by atoms with E-state index in [0.717, 1.165) is 9.13 Å². The molecule has 0 spiro atoms. The summed E-state index contributed by atoms with van der Waals surface area (Å²) in [5.41, 5.74) is 1.30. The summed E-state index contributed by atoms with van der Waals surface area (Å²) in [7, 11) is -2.42. The maximum atomic E-state index is 12.5. The monoisotopic (exact) mass is 471 g/mol. The van der Waals surface area contributed by atoms with E-state index in [1.165, 1.54) is 19.2 Å².